The third kappa shape index (κ3) is 3.71. The molecule has 0 radical (unpaired) electrons. The predicted octanol–water partition coefficient (Wildman–Crippen LogP) is 2.32. The Labute approximate surface area is 153 Å². The SMILES string of the molecule is O=C(O[C@@H]1CO[C@H]2[C@@H]1OC[C@H]2OC(=O)[C@H]1CC=CCC1)[C@@H]1CC=CCC1. The van der Waals surface area contributed by atoms with Crippen molar-refractivity contribution in [2.45, 2.75) is 62.9 Å². The van der Waals surface area contributed by atoms with Crippen molar-refractivity contribution in [3.05, 3.63) is 24.3 Å². The van der Waals surface area contributed by atoms with E-state index in [1.807, 2.05) is 12.2 Å². The Bertz CT molecular complexity index is 545. The lowest BCUT2D eigenvalue weighted by Gasteiger charge is -2.22. The van der Waals surface area contributed by atoms with E-state index in [1.165, 1.54) is 0 Å². The largest absolute Gasteiger partial charge is 0.457 e. The summed E-state index contributed by atoms with van der Waals surface area (Å²) >= 11 is 0. The maximum absolute atomic E-state index is 12.3. The van der Waals surface area contributed by atoms with E-state index in [-0.39, 0.29) is 36.0 Å². The molecular weight excluding hydrogens is 336 g/mol. The average molecular weight is 362 g/mol. The second-order valence-corrected chi connectivity index (χ2v) is 7.51. The van der Waals surface area contributed by atoms with Crippen LogP contribution in [0.5, 0.6) is 0 Å². The molecule has 2 aliphatic heterocycles. The Morgan fingerprint density at radius 1 is 0.731 bits per heavy atom. The van der Waals surface area contributed by atoms with Gasteiger partial charge in [0.2, 0.25) is 0 Å². The summed E-state index contributed by atoms with van der Waals surface area (Å²) in [5.41, 5.74) is 0. The Morgan fingerprint density at radius 3 is 1.58 bits per heavy atom. The van der Waals surface area contributed by atoms with Crippen molar-refractivity contribution in [3.8, 4) is 0 Å². The zero-order valence-corrected chi connectivity index (χ0v) is 14.9. The van der Waals surface area contributed by atoms with E-state index in [0.717, 1.165) is 38.5 Å². The minimum absolute atomic E-state index is 0.0755. The molecular formula is C20H26O6. The van der Waals surface area contributed by atoms with Gasteiger partial charge in [-0.2, -0.15) is 0 Å². The summed E-state index contributed by atoms with van der Waals surface area (Å²) in [6.07, 6.45) is 11.7. The first-order valence-corrected chi connectivity index (χ1v) is 9.66. The van der Waals surface area contributed by atoms with Crippen LogP contribution in [-0.2, 0) is 28.5 Å². The zero-order valence-electron chi connectivity index (χ0n) is 14.9. The number of allylic oxidation sites excluding steroid dienone is 4. The summed E-state index contributed by atoms with van der Waals surface area (Å²) in [7, 11) is 0. The predicted molar refractivity (Wildman–Crippen MR) is 92.2 cm³/mol. The van der Waals surface area contributed by atoms with Gasteiger partial charge < -0.3 is 18.9 Å². The molecule has 6 atom stereocenters. The van der Waals surface area contributed by atoms with Crippen LogP contribution >= 0.6 is 0 Å². The standard InChI is InChI=1S/C20H26O6/c21-19(13-7-3-1-4-8-13)25-15-11-23-18-16(12-24-17(15)18)26-20(22)14-9-5-2-6-10-14/h1-3,5,13-18H,4,6-12H2/t13-,14+,15-,16-,17-,18-/m1/s1. The Hall–Kier alpha value is -1.66. The fraction of sp³-hybridized carbons (Fsp3) is 0.700. The summed E-state index contributed by atoms with van der Waals surface area (Å²) in [6, 6.07) is 0. The number of ether oxygens (including phenoxy) is 4. The lowest BCUT2D eigenvalue weighted by atomic mass is 9.94. The van der Waals surface area contributed by atoms with Crippen LogP contribution in [0.15, 0.2) is 24.3 Å². The molecule has 0 amide bonds. The summed E-state index contributed by atoms with van der Waals surface area (Å²) in [6.45, 7) is 0.591. The Kier molecular flexibility index (Phi) is 5.41. The third-order valence-electron chi connectivity index (χ3n) is 5.70. The molecule has 0 bridgehead atoms. The van der Waals surface area contributed by atoms with Gasteiger partial charge in [0.25, 0.3) is 0 Å². The highest BCUT2D eigenvalue weighted by atomic mass is 16.7. The maximum Gasteiger partial charge on any atom is 0.309 e. The second kappa shape index (κ2) is 7.92. The van der Waals surface area contributed by atoms with Gasteiger partial charge in [-0.05, 0) is 38.5 Å². The Morgan fingerprint density at radius 2 is 1.19 bits per heavy atom. The van der Waals surface area contributed by atoms with E-state index < -0.39 is 12.2 Å². The summed E-state index contributed by atoms with van der Waals surface area (Å²) < 4.78 is 22.9. The Balaban J connectivity index is 1.29. The molecule has 142 valence electrons. The van der Waals surface area contributed by atoms with Crippen molar-refractivity contribution >= 4 is 11.9 Å². The number of hydrogen-bond donors (Lipinski definition) is 0. The first-order valence-electron chi connectivity index (χ1n) is 9.66. The molecule has 0 aromatic rings. The van der Waals surface area contributed by atoms with Crippen LogP contribution in [0.3, 0.4) is 0 Å². The minimum atomic E-state index is -0.417. The van der Waals surface area contributed by atoms with Crippen LogP contribution in [-0.4, -0.2) is 49.6 Å². The third-order valence-corrected chi connectivity index (χ3v) is 5.70. The normalized spacial score (nSPS) is 38.8. The van der Waals surface area contributed by atoms with Gasteiger partial charge in [-0.3, -0.25) is 9.59 Å². The minimum Gasteiger partial charge on any atom is -0.457 e. The fourth-order valence-electron chi connectivity index (χ4n) is 4.14. The number of fused-ring (bicyclic) bond motifs is 1. The van der Waals surface area contributed by atoms with Crippen LogP contribution in [0.2, 0.25) is 0 Å². The molecule has 2 heterocycles. The number of carbonyl (C=O) groups excluding carboxylic acids is 2. The summed E-state index contributed by atoms with van der Waals surface area (Å²) in [5, 5.41) is 0. The molecule has 0 N–H and O–H groups in total. The molecule has 0 unspecified atom stereocenters. The topological polar surface area (TPSA) is 71.1 Å². The van der Waals surface area contributed by atoms with E-state index >= 15 is 0 Å². The lowest BCUT2D eigenvalue weighted by molar-refractivity contribution is -0.160. The van der Waals surface area contributed by atoms with E-state index in [2.05, 4.69) is 12.2 Å². The molecule has 0 saturated carbocycles. The number of esters is 2. The zero-order chi connectivity index (χ0) is 17.9. The van der Waals surface area contributed by atoms with Crippen LogP contribution in [0.4, 0.5) is 0 Å². The van der Waals surface area contributed by atoms with E-state index in [4.69, 9.17) is 18.9 Å². The average Bonchev–Trinajstić information content (AvgIpc) is 3.27. The number of carbonyl (C=O) groups is 2. The van der Waals surface area contributed by atoms with E-state index in [9.17, 15) is 9.59 Å². The van der Waals surface area contributed by atoms with Crippen LogP contribution in [0.1, 0.15) is 38.5 Å². The van der Waals surface area contributed by atoms with Gasteiger partial charge in [0.15, 0.2) is 12.2 Å². The second-order valence-electron chi connectivity index (χ2n) is 7.51. The van der Waals surface area contributed by atoms with Crippen molar-refractivity contribution in [2.75, 3.05) is 13.2 Å². The molecule has 0 aromatic heterocycles. The molecule has 26 heavy (non-hydrogen) atoms. The molecule has 2 saturated heterocycles. The molecule has 0 aromatic carbocycles. The van der Waals surface area contributed by atoms with Gasteiger partial charge in [0, 0.05) is 0 Å². The first-order chi connectivity index (χ1) is 12.7. The highest BCUT2D eigenvalue weighted by molar-refractivity contribution is 5.73. The van der Waals surface area contributed by atoms with Crippen molar-refractivity contribution in [1.29, 1.82) is 0 Å². The van der Waals surface area contributed by atoms with E-state index in [0.29, 0.717) is 13.2 Å². The summed E-state index contributed by atoms with van der Waals surface area (Å²) in [4.78, 5) is 24.7. The molecule has 2 aliphatic carbocycles. The molecule has 0 spiro atoms. The van der Waals surface area contributed by atoms with Crippen LogP contribution < -0.4 is 0 Å². The van der Waals surface area contributed by atoms with Gasteiger partial charge in [-0.25, -0.2) is 0 Å². The first kappa shape index (κ1) is 17.7. The van der Waals surface area contributed by atoms with Crippen LogP contribution in [0.25, 0.3) is 0 Å². The van der Waals surface area contributed by atoms with Gasteiger partial charge in [-0.1, -0.05) is 24.3 Å². The fourth-order valence-corrected chi connectivity index (χ4v) is 4.14. The molecule has 6 heteroatoms. The van der Waals surface area contributed by atoms with Crippen molar-refractivity contribution in [1.82, 2.24) is 0 Å². The molecule has 4 aliphatic rings. The quantitative estimate of drug-likeness (QED) is 0.565. The van der Waals surface area contributed by atoms with E-state index in [1.54, 1.807) is 0 Å². The van der Waals surface area contributed by atoms with Crippen molar-refractivity contribution < 1.29 is 28.5 Å². The van der Waals surface area contributed by atoms with Crippen LogP contribution in [0, 0.1) is 11.8 Å². The monoisotopic (exact) mass is 362 g/mol. The molecule has 4 rings (SSSR count). The number of hydrogen-bond acceptors (Lipinski definition) is 6. The summed E-state index contributed by atoms with van der Waals surface area (Å²) in [5.74, 6) is -0.509. The smallest absolute Gasteiger partial charge is 0.309 e. The van der Waals surface area contributed by atoms with Crippen molar-refractivity contribution in [2.24, 2.45) is 11.8 Å². The van der Waals surface area contributed by atoms with Gasteiger partial charge in [0.05, 0.1) is 25.0 Å². The van der Waals surface area contributed by atoms with Gasteiger partial charge in [0.1, 0.15) is 12.2 Å². The van der Waals surface area contributed by atoms with Crippen molar-refractivity contribution in [3.63, 3.8) is 0 Å². The lowest BCUT2D eigenvalue weighted by Crippen LogP contribution is -2.37. The maximum atomic E-state index is 12.3. The highest BCUT2D eigenvalue weighted by Crippen LogP contribution is 2.33. The highest BCUT2D eigenvalue weighted by Gasteiger charge is 2.51. The molecule has 2 fully saturated rings. The molecule has 6 nitrogen and oxygen atoms in total. The number of rotatable bonds is 4. The van der Waals surface area contributed by atoms with Gasteiger partial charge in [-0.15, -0.1) is 0 Å². The van der Waals surface area contributed by atoms with Gasteiger partial charge >= 0.3 is 11.9 Å².